The molecule has 2 aliphatic heterocycles. The molecule has 3 aliphatic rings. The number of fused-ring (bicyclic) bond motifs is 3. The molecule has 2 aromatic rings. The fourth-order valence-corrected chi connectivity index (χ4v) is 5.90. The van der Waals surface area contributed by atoms with Crippen molar-refractivity contribution in [2.24, 2.45) is 0 Å². The SMILES string of the molecule is OCCCC1(O)c2cc(C#C[C@H]3O[C@H](CO)[C@@H](O)[C@H](O)[C@@H]3O)ccc2-c2ccc(C#C[C@H]3O[C@H](CO)[C@@H](O)[C@H](O)[C@@H]3O)cc21. The summed E-state index contributed by atoms with van der Waals surface area (Å²) in [7, 11) is 0. The largest absolute Gasteiger partial charge is 0.396 e. The van der Waals surface area contributed by atoms with Crippen LogP contribution in [-0.2, 0) is 15.1 Å². The fraction of sp³-hybridized carbons (Fsp3) is 0.500. The van der Waals surface area contributed by atoms with Crippen LogP contribution in [0.1, 0.15) is 35.1 Å². The summed E-state index contributed by atoms with van der Waals surface area (Å²) >= 11 is 0. The molecule has 0 radical (unpaired) electrons. The number of benzene rings is 2. The van der Waals surface area contributed by atoms with E-state index in [0.29, 0.717) is 22.3 Å². The average Bonchev–Trinajstić information content (AvgIpc) is 3.27. The van der Waals surface area contributed by atoms with Crippen LogP contribution in [0.2, 0.25) is 0 Å². The second kappa shape index (κ2) is 13.2. The molecule has 44 heavy (non-hydrogen) atoms. The number of hydrogen-bond acceptors (Lipinski definition) is 12. The Bertz CT molecular complexity index is 1360. The third-order valence-corrected chi connectivity index (χ3v) is 8.42. The Morgan fingerprint density at radius 1 is 0.614 bits per heavy atom. The van der Waals surface area contributed by atoms with E-state index < -0.39 is 79.9 Å². The second-order valence-electron chi connectivity index (χ2n) is 11.2. The van der Waals surface area contributed by atoms with Gasteiger partial charge in [0.05, 0.1) is 13.2 Å². The van der Waals surface area contributed by atoms with Crippen LogP contribution in [0.3, 0.4) is 0 Å². The molecule has 1 aliphatic carbocycles. The molecule has 0 unspecified atom stereocenters. The van der Waals surface area contributed by atoms with Gasteiger partial charge in [0, 0.05) is 17.7 Å². The van der Waals surface area contributed by atoms with E-state index in [1.165, 1.54) is 0 Å². The van der Waals surface area contributed by atoms with Crippen LogP contribution in [0.25, 0.3) is 11.1 Å². The highest BCUT2D eigenvalue weighted by atomic mass is 16.5. The lowest BCUT2D eigenvalue weighted by molar-refractivity contribution is -0.214. The minimum absolute atomic E-state index is 0.163. The summed E-state index contributed by atoms with van der Waals surface area (Å²) in [5.41, 5.74) is 1.90. The molecule has 2 saturated heterocycles. The smallest absolute Gasteiger partial charge is 0.147 e. The van der Waals surface area contributed by atoms with Gasteiger partial charge in [-0.25, -0.2) is 0 Å². The Morgan fingerprint density at radius 3 is 1.43 bits per heavy atom. The first-order valence-electron chi connectivity index (χ1n) is 14.3. The molecule has 2 heterocycles. The van der Waals surface area contributed by atoms with E-state index in [9.17, 15) is 51.1 Å². The van der Waals surface area contributed by atoms with Crippen LogP contribution in [-0.4, -0.2) is 132 Å². The quantitative estimate of drug-likeness (QED) is 0.153. The predicted octanol–water partition coefficient (Wildman–Crippen LogP) is -2.94. The summed E-state index contributed by atoms with van der Waals surface area (Å²) in [6, 6.07) is 10.4. The van der Waals surface area contributed by atoms with Crippen molar-refractivity contribution in [3.05, 3.63) is 58.7 Å². The Balaban J connectivity index is 1.45. The standard InChI is InChI=1S/C32H36O12/c33-11-1-10-32(42)20-12-16(4-8-22-26(36)30(40)28(38)24(14-34)43-22)2-6-18(20)19-7-3-17(13-21(19)32)5-9-23-27(37)31(41)29(39)25(15-35)44-23/h2-3,6-7,12-13,22-31,33-42H,1,10-11,14-15H2/t22-,23-,24-,25-,26-,27-,28-,29-,30-,31-/m1/s1. The molecule has 10 N–H and O–H groups in total. The maximum atomic E-state index is 12.0. The Kier molecular flexibility index (Phi) is 9.75. The lowest BCUT2D eigenvalue weighted by atomic mass is 9.86. The average molecular weight is 613 g/mol. The van der Waals surface area contributed by atoms with Crippen LogP contribution in [0, 0.1) is 23.7 Å². The molecule has 0 spiro atoms. The molecule has 0 saturated carbocycles. The summed E-state index contributed by atoms with van der Waals surface area (Å²) in [6.45, 7) is -1.32. The Hall–Kier alpha value is -2.92. The number of ether oxygens (including phenoxy) is 2. The van der Waals surface area contributed by atoms with Gasteiger partial charge in [-0.15, -0.1) is 0 Å². The van der Waals surface area contributed by atoms with Crippen LogP contribution < -0.4 is 0 Å². The lowest BCUT2D eigenvalue weighted by Crippen LogP contribution is -2.58. The van der Waals surface area contributed by atoms with E-state index in [2.05, 4.69) is 23.7 Å². The van der Waals surface area contributed by atoms with E-state index >= 15 is 0 Å². The number of aliphatic hydroxyl groups excluding tert-OH is 9. The third kappa shape index (κ3) is 5.89. The van der Waals surface area contributed by atoms with Gasteiger partial charge in [-0.05, 0) is 59.4 Å². The van der Waals surface area contributed by atoms with Gasteiger partial charge >= 0.3 is 0 Å². The van der Waals surface area contributed by atoms with E-state index in [-0.39, 0.29) is 19.4 Å². The molecular formula is C32H36O12. The van der Waals surface area contributed by atoms with Gasteiger partial charge < -0.3 is 60.5 Å². The van der Waals surface area contributed by atoms with Crippen LogP contribution in [0.15, 0.2) is 36.4 Å². The van der Waals surface area contributed by atoms with Crippen LogP contribution >= 0.6 is 0 Å². The zero-order valence-electron chi connectivity index (χ0n) is 23.6. The number of rotatable bonds is 5. The summed E-state index contributed by atoms with van der Waals surface area (Å²) in [6.07, 6.45) is -13.3. The Labute approximate surface area is 253 Å². The minimum atomic E-state index is -1.56. The molecule has 5 rings (SSSR count). The molecule has 0 aromatic heterocycles. The van der Waals surface area contributed by atoms with Crippen LogP contribution in [0.5, 0.6) is 0 Å². The van der Waals surface area contributed by atoms with Crippen molar-refractivity contribution in [2.75, 3.05) is 19.8 Å². The van der Waals surface area contributed by atoms with Gasteiger partial charge in [0.1, 0.15) is 66.6 Å². The maximum Gasteiger partial charge on any atom is 0.147 e. The molecule has 0 amide bonds. The van der Waals surface area contributed by atoms with Gasteiger partial charge in [0.2, 0.25) is 0 Å². The first-order chi connectivity index (χ1) is 21.0. The van der Waals surface area contributed by atoms with Crippen LogP contribution in [0.4, 0.5) is 0 Å². The molecule has 0 bridgehead atoms. The molecular weight excluding hydrogens is 576 g/mol. The van der Waals surface area contributed by atoms with Crippen molar-refractivity contribution >= 4 is 0 Å². The van der Waals surface area contributed by atoms with E-state index in [1.807, 2.05) is 0 Å². The lowest BCUT2D eigenvalue weighted by Gasteiger charge is -2.37. The second-order valence-corrected chi connectivity index (χ2v) is 11.2. The third-order valence-electron chi connectivity index (χ3n) is 8.42. The predicted molar refractivity (Wildman–Crippen MR) is 152 cm³/mol. The molecule has 12 nitrogen and oxygen atoms in total. The minimum Gasteiger partial charge on any atom is -0.396 e. The van der Waals surface area contributed by atoms with Gasteiger partial charge in [-0.2, -0.15) is 0 Å². The fourth-order valence-electron chi connectivity index (χ4n) is 5.90. The molecule has 236 valence electrons. The van der Waals surface area contributed by atoms with Crippen molar-refractivity contribution in [1.82, 2.24) is 0 Å². The van der Waals surface area contributed by atoms with E-state index in [0.717, 1.165) is 11.1 Å². The van der Waals surface area contributed by atoms with Crippen molar-refractivity contribution in [3.63, 3.8) is 0 Å². The van der Waals surface area contributed by atoms with Crippen molar-refractivity contribution in [2.45, 2.75) is 79.5 Å². The summed E-state index contributed by atoms with van der Waals surface area (Å²) < 4.78 is 10.9. The maximum absolute atomic E-state index is 12.0. The normalized spacial score (nSPS) is 33.8. The zero-order chi connectivity index (χ0) is 31.8. The van der Waals surface area contributed by atoms with Gasteiger partial charge in [-0.1, -0.05) is 35.8 Å². The van der Waals surface area contributed by atoms with Crippen molar-refractivity contribution in [1.29, 1.82) is 0 Å². The molecule has 2 aromatic carbocycles. The summed E-state index contributed by atoms with van der Waals surface area (Å²) in [4.78, 5) is 0. The number of hydrogen-bond donors (Lipinski definition) is 10. The first-order valence-corrected chi connectivity index (χ1v) is 14.3. The highest BCUT2D eigenvalue weighted by molar-refractivity contribution is 5.81. The topological polar surface area (TPSA) is 221 Å². The molecule has 2 fully saturated rings. The Morgan fingerprint density at radius 2 is 1.05 bits per heavy atom. The van der Waals surface area contributed by atoms with E-state index in [4.69, 9.17) is 9.47 Å². The molecule has 10 atom stereocenters. The van der Waals surface area contributed by atoms with Crippen molar-refractivity contribution in [3.8, 4) is 34.8 Å². The summed E-state index contributed by atoms with van der Waals surface area (Å²) in [5, 5.41) is 101. The number of aliphatic hydroxyl groups is 10. The highest BCUT2D eigenvalue weighted by Gasteiger charge is 2.44. The molecule has 12 heteroatoms. The van der Waals surface area contributed by atoms with Gasteiger partial charge in [-0.3, -0.25) is 0 Å². The van der Waals surface area contributed by atoms with Crippen molar-refractivity contribution < 1.29 is 60.5 Å². The monoisotopic (exact) mass is 612 g/mol. The summed E-state index contributed by atoms with van der Waals surface area (Å²) in [5.74, 6) is 11.2. The van der Waals surface area contributed by atoms with Gasteiger partial charge in [0.15, 0.2) is 0 Å². The zero-order valence-corrected chi connectivity index (χ0v) is 23.6. The highest BCUT2D eigenvalue weighted by Crippen LogP contribution is 2.50. The van der Waals surface area contributed by atoms with E-state index in [1.54, 1.807) is 36.4 Å². The van der Waals surface area contributed by atoms with Gasteiger partial charge in [0.25, 0.3) is 0 Å². The first kappa shape index (κ1) is 32.5.